The molecule has 2 aromatic rings. The van der Waals surface area contributed by atoms with Gasteiger partial charge in [0.1, 0.15) is 0 Å². The Morgan fingerprint density at radius 3 is 3.06 bits per heavy atom. The van der Waals surface area contributed by atoms with Crippen molar-refractivity contribution in [1.29, 1.82) is 0 Å². The van der Waals surface area contributed by atoms with Crippen molar-refractivity contribution in [3.05, 3.63) is 50.7 Å². The molecule has 0 atom stereocenters. The lowest BCUT2D eigenvalue weighted by Crippen LogP contribution is -2.29. The standard InChI is InChI=1S/C14H15ClN2S/c15-12-2-1-3-13(16)11(12)9-17-6-4-14-10(8-17)5-7-18-14/h1-3,5,7H,4,6,8-9,16H2. The van der Waals surface area contributed by atoms with Gasteiger partial charge < -0.3 is 5.73 Å². The largest absolute Gasteiger partial charge is 0.398 e. The van der Waals surface area contributed by atoms with Crippen LogP contribution in [0.5, 0.6) is 0 Å². The fourth-order valence-corrected chi connectivity index (χ4v) is 3.54. The van der Waals surface area contributed by atoms with E-state index in [1.54, 1.807) is 0 Å². The zero-order valence-electron chi connectivity index (χ0n) is 10.0. The van der Waals surface area contributed by atoms with Crippen molar-refractivity contribution in [1.82, 2.24) is 4.90 Å². The molecule has 0 bridgehead atoms. The second-order valence-electron chi connectivity index (χ2n) is 4.64. The van der Waals surface area contributed by atoms with Gasteiger partial charge in [0.2, 0.25) is 0 Å². The molecule has 2 N–H and O–H groups in total. The lowest BCUT2D eigenvalue weighted by molar-refractivity contribution is 0.248. The van der Waals surface area contributed by atoms with E-state index in [-0.39, 0.29) is 0 Å². The number of benzene rings is 1. The molecule has 1 aliphatic heterocycles. The highest BCUT2D eigenvalue weighted by Crippen LogP contribution is 2.28. The van der Waals surface area contributed by atoms with Gasteiger partial charge in [-0.15, -0.1) is 11.3 Å². The number of halogens is 1. The SMILES string of the molecule is Nc1cccc(Cl)c1CN1CCc2sccc2C1. The smallest absolute Gasteiger partial charge is 0.0471 e. The molecule has 2 nitrogen and oxygen atoms in total. The number of fused-ring (bicyclic) bond motifs is 1. The maximum absolute atomic E-state index is 6.22. The van der Waals surface area contributed by atoms with E-state index in [9.17, 15) is 0 Å². The van der Waals surface area contributed by atoms with Crippen LogP contribution in [-0.2, 0) is 19.5 Å². The molecule has 0 aliphatic carbocycles. The minimum Gasteiger partial charge on any atom is -0.398 e. The maximum atomic E-state index is 6.22. The van der Waals surface area contributed by atoms with Crippen LogP contribution in [0, 0.1) is 0 Å². The first-order valence-corrected chi connectivity index (χ1v) is 7.30. The van der Waals surface area contributed by atoms with Crippen molar-refractivity contribution in [2.24, 2.45) is 0 Å². The van der Waals surface area contributed by atoms with Crippen LogP contribution in [0.1, 0.15) is 16.0 Å². The third-order valence-corrected chi connectivity index (χ3v) is 4.80. The quantitative estimate of drug-likeness (QED) is 0.852. The Hall–Kier alpha value is -1.03. The summed E-state index contributed by atoms with van der Waals surface area (Å²) in [5, 5.41) is 2.95. The van der Waals surface area contributed by atoms with Crippen LogP contribution in [0.4, 0.5) is 5.69 Å². The number of thiophene rings is 1. The molecule has 0 spiro atoms. The van der Waals surface area contributed by atoms with Gasteiger partial charge in [-0.05, 0) is 35.6 Å². The predicted octanol–water partition coefficient (Wildman–Crippen LogP) is 3.54. The van der Waals surface area contributed by atoms with Crippen LogP contribution < -0.4 is 5.73 Å². The summed E-state index contributed by atoms with van der Waals surface area (Å²) in [6, 6.07) is 7.95. The van der Waals surface area contributed by atoms with Crippen LogP contribution in [0.3, 0.4) is 0 Å². The molecule has 3 rings (SSSR count). The molecule has 4 heteroatoms. The lowest BCUT2D eigenvalue weighted by Gasteiger charge is -2.27. The molecule has 0 radical (unpaired) electrons. The number of anilines is 1. The summed E-state index contributed by atoms with van der Waals surface area (Å²) in [5.41, 5.74) is 9.30. The van der Waals surface area contributed by atoms with Crippen molar-refractivity contribution < 1.29 is 0 Å². The molecule has 18 heavy (non-hydrogen) atoms. The Bertz CT molecular complexity index is 544. The van der Waals surface area contributed by atoms with Crippen molar-refractivity contribution in [2.45, 2.75) is 19.5 Å². The molecule has 0 saturated heterocycles. The molecule has 1 aliphatic rings. The van der Waals surface area contributed by atoms with Gasteiger partial charge in [-0.25, -0.2) is 0 Å². The van der Waals surface area contributed by atoms with Crippen LogP contribution in [-0.4, -0.2) is 11.4 Å². The lowest BCUT2D eigenvalue weighted by atomic mass is 10.1. The number of nitrogen functional groups attached to an aromatic ring is 1. The normalized spacial score (nSPS) is 15.6. The minimum absolute atomic E-state index is 0.770. The Labute approximate surface area is 116 Å². The summed E-state index contributed by atoms with van der Waals surface area (Å²) < 4.78 is 0. The average molecular weight is 279 g/mol. The van der Waals surface area contributed by atoms with Gasteiger partial charge in [0.15, 0.2) is 0 Å². The second kappa shape index (κ2) is 4.92. The molecule has 1 aromatic carbocycles. The summed E-state index contributed by atoms with van der Waals surface area (Å²) in [4.78, 5) is 3.94. The molecule has 2 heterocycles. The predicted molar refractivity (Wildman–Crippen MR) is 78.0 cm³/mol. The number of hydrogen-bond acceptors (Lipinski definition) is 3. The number of nitrogens with zero attached hydrogens (tertiary/aromatic N) is 1. The summed E-state index contributed by atoms with van der Waals surface area (Å²) in [6.45, 7) is 2.92. The van der Waals surface area contributed by atoms with Gasteiger partial charge in [0, 0.05) is 40.8 Å². The third-order valence-electron chi connectivity index (χ3n) is 3.42. The van der Waals surface area contributed by atoms with E-state index in [2.05, 4.69) is 16.3 Å². The van der Waals surface area contributed by atoms with Gasteiger partial charge in [0.05, 0.1) is 0 Å². The Kier molecular flexibility index (Phi) is 3.29. The van der Waals surface area contributed by atoms with E-state index in [1.807, 2.05) is 29.5 Å². The van der Waals surface area contributed by atoms with Crippen molar-refractivity contribution >= 4 is 28.6 Å². The van der Waals surface area contributed by atoms with E-state index in [0.29, 0.717) is 0 Å². The highest BCUT2D eigenvalue weighted by Gasteiger charge is 2.18. The number of rotatable bonds is 2. The van der Waals surface area contributed by atoms with Crippen molar-refractivity contribution in [3.8, 4) is 0 Å². The minimum atomic E-state index is 0.770. The molecule has 94 valence electrons. The topological polar surface area (TPSA) is 29.3 Å². The van der Waals surface area contributed by atoms with Crippen LogP contribution in [0.15, 0.2) is 29.6 Å². The van der Waals surface area contributed by atoms with Gasteiger partial charge in [0.25, 0.3) is 0 Å². The maximum Gasteiger partial charge on any atom is 0.0471 e. The van der Waals surface area contributed by atoms with Crippen LogP contribution in [0.25, 0.3) is 0 Å². The summed E-state index contributed by atoms with van der Waals surface area (Å²) >= 11 is 8.09. The molecular formula is C14H15ClN2S. The Morgan fingerprint density at radius 1 is 1.33 bits per heavy atom. The first kappa shape index (κ1) is 12.0. The molecule has 0 fully saturated rings. The molecular weight excluding hydrogens is 264 g/mol. The van der Waals surface area contributed by atoms with Crippen LogP contribution >= 0.6 is 22.9 Å². The van der Waals surface area contributed by atoms with Gasteiger partial charge in [-0.2, -0.15) is 0 Å². The summed E-state index contributed by atoms with van der Waals surface area (Å²) in [7, 11) is 0. The van der Waals surface area contributed by atoms with E-state index in [0.717, 1.165) is 42.3 Å². The summed E-state index contributed by atoms with van der Waals surface area (Å²) in [5.74, 6) is 0. The zero-order valence-corrected chi connectivity index (χ0v) is 11.6. The van der Waals surface area contributed by atoms with Gasteiger partial charge >= 0.3 is 0 Å². The first-order valence-electron chi connectivity index (χ1n) is 6.04. The fourth-order valence-electron chi connectivity index (χ4n) is 2.41. The summed E-state index contributed by atoms with van der Waals surface area (Å²) in [6.07, 6.45) is 1.14. The Morgan fingerprint density at radius 2 is 2.22 bits per heavy atom. The monoisotopic (exact) mass is 278 g/mol. The van der Waals surface area contributed by atoms with E-state index < -0.39 is 0 Å². The van der Waals surface area contributed by atoms with E-state index in [4.69, 9.17) is 17.3 Å². The number of nitrogens with two attached hydrogens (primary N) is 1. The van der Waals surface area contributed by atoms with E-state index in [1.165, 1.54) is 10.4 Å². The highest BCUT2D eigenvalue weighted by molar-refractivity contribution is 7.10. The second-order valence-corrected chi connectivity index (χ2v) is 6.05. The molecule has 0 saturated carbocycles. The van der Waals surface area contributed by atoms with Gasteiger partial charge in [-0.3, -0.25) is 4.90 Å². The molecule has 0 amide bonds. The zero-order chi connectivity index (χ0) is 12.5. The molecule has 1 aromatic heterocycles. The third kappa shape index (κ3) is 2.26. The highest BCUT2D eigenvalue weighted by atomic mass is 35.5. The molecule has 0 unspecified atom stereocenters. The van der Waals surface area contributed by atoms with Crippen molar-refractivity contribution in [3.63, 3.8) is 0 Å². The van der Waals surface area contributed by atoms with E-state index >= 15 is 0 Å². The Balaban J connectivity index is 1.79. The van der Waals surface area contributed by atoms with Crippen LogP contribution in [0.2, 0.25) is 5.02 Å². The average Bonchev–Trinajstić information content (AvgIpc) is 2.81. The number of hydrogen-bond donors (Lipinski definition) is 1. The van der Waals surface area contributed by atoms with Crippen molar-refractivity contribution in [2.75, 3.05) is 12.3 Å². The first-order chi connectivity index (χ1) is 8.74. The van der Waals surface area contributed by atoms with Gasteiger partial charge in [-0.1, -0.05) is 17.7 Å². The fraction of sp³-hybridized carbons (Fsp3) is 0.286.